The molecule has 1 aromatic heterocycles. The van der Waals surface area contributed by atoms with Gasteiger partial charge in [0.25, 0.3) is 0 Å². The van der Waals surface area contributed by atoms with Crippen LogP contribution in [0.25, 0.3) is 10.1 Å². The summed E-state index contributed by atoms with van der Waals surface area (Å²) >= 11 is 7.44. The van der Waals surface area contributed by atoms with Crippen LogP contribution in [0, 0.1) is 6.92 Å². The predicted octanol–water partition coefficient (Wildman–Crippen LogP) is 5.69. The molecule has 8 heteroatoms. The maximum Gasteiger partial charge on any atom is 0.351 e. The van der Waals surface area contributed by atoms with E-state index in [1.54, 1.807) is 24.3 Å². The van der Waals surface area contributed by atoms with Crippen LogP contribution in [0.5, 0.6) is 5.75 Å². The summed E-state index contributed by atoms with van der Waals surface area (Å²) in [6.07, 6.45) is 0. The van der Waals surface area contributed by atoms with Gasteiger partial charge in [-0.15, -0.1) is 11.3 Å². The molecule has 28 heavy (non-hydrogen) atoms. The Hall–Kier alpha value is -2.77. The van der Waals surface area contributed by atoms with E-state index >= 15 is 0 Å². The average molecular weight is 419 g/mol. The van der Waals surface area contributed by atoms with Crippen molar-refractivity contribution in [3.05, 3.63) is 51.9 Å². The van der Waals surface area contributed by atoms with Gasteiger partial charge in [0.1, 0.15) is 0 Å². The lowest BCUT2D eigenvalue weighted by atomic mass is 10.2. The topological polar surface area (TPSA) is 76.7 Å². The zero-order chi connectivity index (χ0) is 20.3. The number of carbonyl (C=O) groups is 2. The van der Waals surface area contributed by atoms with Gasteiger partial charge < -0.3 is 20.1 Å². The first-order chi connectivity index (χ1) is 13.4. The van der Waals surface area contributed by atoms with Gasteiger partial charge in [0.05, 0.1) is 24.4 Å². The summed E-state index contributed by atoms with van der Waals surface area (Å²) in [4.78, 5) is 24.8. The van der Waals surface area contributed by atoms with E-state index in [4.69, 9.17) is 21.1 Å². The molecule has 0 saturated carbocycles. The number of hydrogen-bond donors (Lipinski definition) is 2. The highest BCUT2D eigenvalue weighted by Crippen LogP contribution is 2.39. The Morgan fingerprint density at radius 1 is 1.14 bits per heavy atom. The van der Waals surface area contributed by atoms with Crippen LogP contribution in [0.2, 0.25) is 5.02 Å². The van der Waals surface area contributed by atoms with Gasteiger partial charge in [0.15, 0.2) is 10.6 Å². The van der Waals surface area contributed by atoms with Gasteiger partial charge in [-0.1, -0.05) is 17.7 Å². The highest BCUT2D eigenvalue weighted by Gasteiger charge is 2.21. The quantitative estimate of drug-likeness (QED) is 0.521. The summed E-state index contributed by atoms with van der Waals surface area (Å²) in [6.45, 7) is 4.16. The Bertz CT molecular complexity index is 1050. The fraction of sp³-hybridized carbons (Fsp3) is 0.200. The maximum atomic E-state index is 12.3. The SMILES string of the molecule is CCOc1c(C(=O)OC)sc2ccc(NC(=O)Nc3ccc(C)cc3Cl)cc12. The number of thiophene rings is 1. The zero-order valence-corrected chi connectivity index (χ0v) is 17.2. The monoisotopic (exact) mass is 418 g/mol. The number of carbonyl (C=O) groups excluding carboxylic acids is 2. The van der Waals surface area contributed by atoms with Gasteiger partial charge in [-0.25, -0.2) is 9.59 Å². The Kier molecular flexibility index (Phi) is 6.06. The third kappa shape index (κ3) is 4.21. The highest BCUT2D eigenvalue weighted by atomic mass is 35.5. The molecule has 146 valence electrons. The molecule has 0 radical (unpaired) electrons. The molecule has 3 aromatic rings. The van der Waals surface area contributed by atoms with E-state index in [0.29, 0.717) is 33.6 Å². The molecule has 0 unspecified atom stereocenters. The van der Waals surface area contributed by atoms with Crippen LogP contribution in [0.3, 0.4) is 0 Å². The lowest BCUT2D eigenvalue weighted by molar-refractivity contribution is 0.0602. The van der Waals surface area contributed by atoms with Crippen molar-refractivity contribution < 1.29 is 19.1 Å². The number of rotatable bonds is 5. The number of amides is 2. The number of anilines is 2. The van der Waals surface area contributed by atoms with Crippen molar-refractivity contribution in [2.45, 2.75) is 13.8 Å². The van der Waals surface area contributed by atoms with Crippen LogP contribution in [0.1, 0.15) is 22.2 Å². The second kappa shape index (κ2) is 8.50. The summed E-state index contributed by atoms with van der Waals surface area (Å²) in [6, 6.07) is 10.3. The number of ether oxygens (including phenoxy) is 2. The molecule has 0 bridgehead atoms. The van der Waals surface area contributed by atoms with E-state index in [1.807, 2.05) is 26.0 Å². The van der Waals surface area contributed by atoms with Crippen LogP contribution in [-0.4, -0.2) is 25.7 Å². The first-order valence-electron chi connectivity index (χ1n) is 8.54. The van der Waals surface area contributed by atoms with E-state index in [0.717, 1.165) is 15.6 Å². The van der Waals surface area contributed by atoms with Crippen molar-refractivity contribution in [3.8, 4) is 5.75 Å². The molecule has 0 aliphatic carbocycles. The fourth-order valence-corrected chi connectivity index (χ4v) is 4.00. The van der Waals surface area contributed by atoms with Crippen molar-refractivity contribution in [1.82, 2.24) is 0 Å². The van der Waals surface area contributed by atoms with Gasteiger partial charge in [0.2, 0.25) is 0 Å². The Labute approximate surface area is 171 Å². The molecule has 0 fully saturated rings. The van der Waals surface area contributed by atoms with Crippen molar-refractivity contribution in [3.63, 3.8) is 0 Å². The number of esters is 1. The lowest BCUT2D eigenvalue weighted by Crippen LogP contribution is -2.19. The smallest absolute Gasteiger partial charge is 0.351 e. The predicted molar refractivity (Wildman–Crippen MR) is 113 cm³/mol. The molecule has 0 aliphatic heterocycles. The first kappa shape index (κ1) is 20.0. The minimum atomic E-state index is -0.453. The van der Waals surface area contributed by atoms with E-state index in [9.17, 15) is 9.59 Å². The fourth-order valence-electron chi connectivity index (χ4n) is 2.67. The van der Waals surface area contributed by atoms with Gasteiger partial charge >= 0.3 is 12.0 Å². The molecule has 0 spiro atoms. The van der Waals surface area contributed by atoms with Gasteiger partial charge in [-0.05, 0) is 49.7 Å². The molecule has 2 N–H and O–H groups in total. The summed E-state index contributed by atoms with van der Waals surface area (Å²) < 4.78 is 11.4. The molecule has 6 nitrogen and oxygen atoms in total. The number of aryl methyl sites for hydroxylation is 1. The van der Waals surface area contributed by atoms with Crippen LogP contribution in [0.4, 0.5) is 16.2 Å². The van der Waals surface area contributed by atoms with Gasteiger partial charge in [-0.2, -0.15) is 0 Å². The van der Waals surface area contributed by atoms with Crippen molar-refractivity contribution in [1.29, 1.82) is 0 Å². The van der Waals surface area contributed by atoms with Gasteiger partial charge in [0, 0.05) is 15.8 Å². The van der Waals surface area contributed by atoms with E-state index < -0.39 is 12.0 Å². The molecule has 2 aromatic carbocycles. The molecule has 3 rings (SSSR count). The number of urea groups is 1. The summed E-state index contributed by atoms with van der Waals surface area (Å²) in [5.74, 6) is 0.00547. The molecule has 2 amide bonds. The molecular weight excluding hydrogens is 400 g/mol. The number of methoxy groups -OCH3 is 1. The molecule has 0 aliphatic rings. The third-order valence-corrected chi connectivity index (χ3v) is 5.38. The second-order valence-electron chi connectivity index (χ2n) is 5.96. The van der Waals surface area contributed by atoms with E-state index in [-0.39, 0.29) is 0 Å². The summed E-state index contributed by atoms with van der Waals surface area (Å²) in [5.41, 5.74) is 2.08. The second-order valence-corrected chi connectivity index (χ2v) is 7.42. The summed E-state index contributed by atoms with van der Waals surface area (Å²) in [7, 11) is 1.33. The van der Waals surface area contributed by atoms with E-state index in [2.05, 4.69) is 10.6 Å². The number of fused-ring (bicyclic) bond motifs is 1. The molecule has 1 heterocycles. The summed E-state index contributed by atoms with van der Waals surface area (Å²) in [5, 5.41) is 6.69. The minimum Gasteiger partial charge on any atom is -0.491 e. The van der Waals surface area contributed by atoms with Crippen molar-refractivity contribution >= 4 is 56.4 Å². The Morgan fingerprint density at radius 2 is 1.93 bits per heavy atom. The van der Waals surface area contributed by atoms with Crippen LogP contribution < -0.4 is 15.4 Å². The molecule has 0 saturated heterocycles. The Balaban J connectivity index is 1.86. The third-order valence-electron chi connectivity index (χ3n) is 3.93. The number of benzene rings is 2. The largest absolute Gasteiger partial charge is 0.491 e. The number of halogens is 1. The van der Waals surface area contributed by atoms with Crippen LogP contribution in [-0.2, 0) is 4.74 Å². The first-order valence-corrected chi connectivity index (χ1v) is 9.74. The maximum absolute atomic E-state index is 12.3. The van der Waals surface area contributed by atoms with Crippen molar-refractivity contribution in [2.24, 2.45) is 0 Å². The van der Waals surface area contributed by atoms with Crippen molar-refractivity contribution in [2.75, 3.05) is 24.4 Å². The minimum absolute atomic E-state index is 0.396. The molecule has 0 atom stereocenters. The lowest BCUT2D eigenvalue weighted by Gasteiger charge is -2.10. The van der Waals surface area contributed by atoms with Gasteiger partial charge in [-0.3, -0.25) is 0 Å². The van der Waals surface area contributed by atoms with E-state index in [1.165, 1.54) is 18.4 Å². The zero-order valence-electron chi connectivity index (χ0n) is 15.6. The number of nitrogens with one attached hydrogen (secondary N) is 2. The highest BCUT2D eigenvalue weighted by molar-refractivity contribution is 7.21. The standard InChI is InChI=1S/C20H19ClN2O4S/c1-4-27-17-13-10-12(6-8-16(13)28-18(17)19(24)26-3)22-20(25)23-15-7-5-11(2)9-14(15)21/h5-10H,4H2,1-3H3,(H2,22,23,25). The normalized spacial score (nSPS) is 10.6. The molecular formula is C20H19ClN2O4S. The Morgan fingerprint density at radius 3 is 2.61 bits per heavy atom. The van der Waals surface area contributed by atoms with Crippen LogP contribution >= 0.6 is 22.9 Å². The van der Waals surface area contributed by atoms with Crippen LogP contribution in [0.15, 0.2) is 36.4 Å². The average Bonchev–Trinajstić information content (AvgIpc) is 3.02. The number of hydrogen-bond acceptors (Lipinski definition) is 5.